The van der Waals surface area contributed by atoms with Crippen LogP contribution >= 0.6 is 11.3 Å². The van der Waals surface area contributed by atoms with E-state index in [1.54, 1.807) is 6.92 Å². The van der Waals surface area contributed by atoms with Crippen molar-refractivity contribution in [3.8, 4) is 0 Å². The Bertz CT molecular complexity index is 1040. The molecule has 0 spiro atoms. The molecule has 1 atom stereocenters. The summed E-state index contributed by atoms with van der Waals surface area (Å²) >= 11 is 1.53. The van der Waals surface area contributed by atoms with E-state index in [0.29, 0.717) is 29.5 Å². The standard InChI is InChI=1S/C27H29NO3S/c1-3-31-27(30)25-21-15-14-18(2)16-23(21)32-26(25)28-24(29)17-22(19-10-6-4-7-11-19)20-12-8-5-9-13-20/h4-13,18,22H,3,14-17H2,1-2H3,(H,28,29)/t18-/m1/s1. The number of esters is 1. The number of thiophene rings is 1. The van der Waals surface area contributed by atoms with E-state index in [4.69, 9.17) is 4.74 Å². The Balaban J connectivity index is 1.61. The Labute approximate surface area is 193 Å². The summed E-state index contributed by atoms with van der Waals surface area (Å²) in [7, 11) is 0. The van der Waals surface area contributed by atoms with Gasteiger partial charge in [-0.05, 0) is 48.8 Å². The largest absolute Gasteiger partial charge is 0.462 e. The van der Waals surface area contributed by atoms with Gasteiger partial charge in [0.15, 0.2) is 0 Å². The molecule has 1 aromatic heterocycles. The topological polar surface area (TPSA) is 55.4 Å². The van der Waals surface area contributed by atoms with Crippen molar-refractivity contribution in [2.45, 2.75) is 45.4 Å². The number of benzene rings is 2. The van der Waals surface area contributed by atoms with Crippen LogP contribution < -0.4 is 5.32 Å². The summed E-state index contributed by atoms with van der Waals surface area (Å²) in [4.78, 5) is 27.2. The van der Waals surface area contributed by atoms with Gasteiger partial charge in [-0.15, -0.1) is 11.3 Å². The van der Waals surface area contributed by atoms with Crippen LogP contribution in [0.1, 0.15) is 64.5 Å². The van der Waals surface area contributed by atoms with E-state index in [-0.39, 0.29) is 17.8 Å². The first-order chi connectivity index (χ1) is 15.6. The summed E-state index contributed by atoms with van der Waals surface area (Å²) in [5.74, 6) is 0.0933. The van der Waals surface area contributed by atoms with Gasteiger partial charge in [-0.1, -0.05) is 67.6 Å². The van der Waals surface area contributed by atoms with E-state index in [1.807, 2.05) is 36.4 Å². The summed E-state index contributed by atoms with van der Waals surface area (Å²) in [6.07, 6.45) is 3.15. The molecule has 3 aromatic rings. The normalized spacial score (nSPS) is 15.3. The first-order valence-electron chi connectivity index (χ1n) is 11.3. The fourth-order valence-electron chi connectivity index (χ4n) is 4.42. The zero-order chi connectivity index (χ0) is 22.5. The van der Waals surface area contributed by atoms with Crippen molar-refractivity contribution >= 4 is 28.2 Å². The van der Waals surface area contributed by atoms with Gasteiger partial charge in [0, 0.05) is 17.2 Å². The first kappa shape index (κ1) is 22.3. The quantitative estimate of drug-likeness (QED) is 0.438. The Morgan fingerprint density at radius 2 is 1.69 bits per heavy atom. The molecular weight excluding hydrogens is 418 g/mol. The number of anilines is 1. The number of fused-ring (bicyclic) bond motifs is 1. The minimum absolute atomic E-state index is 0.0574. The molecule has 1 heterocycles. The Morgan fingerprint density at radius 3 is 2.28 bits per heavy atom. The van der Waals surface area contributed by atoms with Gasteiger partial charge in [0.1, 0.15) is 5.00 Å². The highest BCUT2D eigenvalue weighted by Gasteiger charge is 2.29. The van der Waals surface area contributed by atoms with E-state index in [0.717, 1.165) is 36.0 Å². The maximum Gasteiger partial charge on any atom is 0.341 e. The summed E-state index contributed by atoms with van der Waals surface area (Å²) in [6, 6.07) is 20.2. The van der Waals surface area contributed by atoms with Gasteiger partial charge in [0.05, 0.1) is 12.2 Å². The van der Waals surface area contributed by atoms with Gasteiger partial charge in [-0.2, -0.15) is 0 Å². The van der Waals surface area contributed by atoms with Crippen LogP contribution in [0.5, 0.6) is 0 Å². The van der Waals surface area contributed by atoms with Crippen molar-refractivity contribution in [1.82, 2.24) is 0 Å². The maximum atomic E-state index is 13.2. The average Bonchev–Trinajstić information content (AvgIpc) is 3.15. The molecule has 0 bridgehead atoms. The first-order valence-corrected chi connectivity index (χ1v) is 12.1. The molecule has 0 fully saturated rings. The van der Waals surface area contributed by atoms with Gasteiger partial charge in [-0.25, -0.2) is 4.79 Å². The number of carbonyl (C=O) groups is 2. The third-order valence-corrected chi connectivity index (χ3v) is 7.21. The van der Waals surface area contributed by atoms with Crippen LogP contribution in [0.25, 0.3) is 0 Å². The number of carbonyl (C=O) groups excluding carboxylic acids is 2. The molecule has 4 rings (SSSR count). The van der Waals surface area contributed by atoms with Crippen molar-refractivity contribution < 1.29 is 14.3 Å². The lowest BCUT2D eigenvalue weighted by Crippen LogP contribution is -2.18. The highest BCUT2D eigenvalue weighted by Crippen LogP contribution is 2.40. The molecule has 1 aliphatic rings. The third kappa shape index (κ3) is 4.94. The van der Waals surface area contributed by atoms with Crippen LogP contribution in [0.3, 0.4) is 0 Å². The fraction of sp³-hybridized carbons (Fsp3) is 0.333. The highest BCUT2D eigenvalue weighted by molar-refractivity contribution is 7.17. The number of nitrogens with one attached hydrogen (secondary N) is 1. The molecule has 0 radical (unpaired) electrons. The van der Waals surface area contributed by atoms with Crippen molar-refractivity contribution in [2.24, 2.45) is 5.92 Å². The number of amides is 1. The molecular formula is C27H29NO3S. The second-order valence-corrected chi connectivity index (χ2v) is 9.51. The molecule has 1 aliphatic carbocycles. The zero-order valence-electron chi connectivity index (χ0n) is 18.6. The molecule has 4 nitrogen and oxygen atoms in total. The van der Waals surface area contributed by atoms with Crippen LogP contribution in [-0.4, -0.2) is 18.5 Å². The monoisotopic (exact) mass is 447 g/mol. The Kier molecular flexibility index (Phi) is 7.05. The highest BCUT2D eigenvalue weighted by atomic mass is 32.1. The number of hydrogen-bond acceptors (Lipinski definition) is 4. The zero-order valence-corrected chi connectivity index (χ0v) is 19.4. The van der Waals surface area contributed by atoms with Crippen molar-refractivity contribution in [3.05, 3.63) is 87.8 Å². The molecule has 2 aromatic carbocycles. The summed E-state index contributed by atoms with van der Waals surface area (Å²) in [6.45, 7) is 4.36. The second-order valence-electron chi connectivity index (χ2n) is 8.40. The molecule has 32 heavy (non-hydrogen) atoms. The summed E-state index contributed by atoms with van der Waals surface area (Å²) < 4.78 is 5.34. The SMILES string of the molecule is CCOC(=O)c1c(NC(=O)CC(c2ccccc2)c2ccccc2)sc2c1CC[C@@H](C)C2. The van der Waals surface area contributed by atoms with Crippen molar-refractivity contribution in [3.63, 3.8) is 0 Å². The van der Waals surface area contributed by atoms with Crippen LogP contribution in [0.15, 0.2) is 60.7 Å². The molecule has 1 N–H and O–H groups in total. The van der Waals surface area contributed by atoms with Crippen LogP contribution in [0, 0.1) is 5.92 Å². The Morgan fingerprint density at radius 1 is 1.06 bits per heavy atom. The Hall–Kier alpha value is -2.92. The van der Waals surface area contributed by atoms with Gasteiger partial charge >= 0.3 is 5.97 Å². The minimum Gasteiger partial charge on any atom is -0.462 e. The lowest BCUT2D eigenvalue weighted by molar-refractivity contribution is -0.116. The van der Waals surface area contributed by atoms with Gasteiger partial charge in [0.2, 0.25) is 5.91 Å². The molecule has 0 saturated heterocycles. The fourth-order valence-corrected chi connectivity index (χ4v) is 5.83. The maximum absolute atomic E-state index is 13.2. The molecule has 1 amide bonds. The van der Waals surface area contributed by atoms with E-state index >= 15 is 0 Å². The molecule has 0 aliphatic heterocycles. The lowest BCUT2D eigenvalue weighted by Gasteiger charge is -2.18. The number of rotatable bonds is 7. The average molecular weight is 448 g/mol. The number of ether oxygens (including phenoxy) is 1. The van der Waals surface area contributed by atoms with E-state index in [2.05, 4.69) is 36.5 Å². The van der Waals surface area contributed by atoms with Crippen molar-refractivity contribution in [1.29, 1.82) is 0 Å². The van der Waals surface area contributed by atoms with Crippen molar-refractivity contribution in [2.75, 3.05) is 11.9 Å². The number of hydrogen-bond donors (Lipinski definition) is 1. The molecule has 0 saturated carbocycles. The summed E-state index contributed by atoms with van der Waals surface area (Å²) in [5.41, 5.74) is 3.81. The third-order valence-electron chi connectivity index (χ3n) is 6.04. The molecule has 166 valence electrons. The van der Waals surface area contributed by atoms with Crippen LogP contribution in [0.4, 0.5) is 5.00 Å². The predicted octanol–water partition coefficient (Wildman–Crippen LogP) is 6.21. The second kappa shape index (κ2) is 10.1. The smallest absolute Gasteiger partial charge is 0.341 e. The van der Waals surface area contributed by atoms with E-state index < -0.39 is 0 Å². The molecule has 0 unspecified atom stereocenters. The molecule has 5 heteroatoms. The van der Waals surface area contributed by atoms with Gasteiger partial charge in [0.25, 0.3) is 0 Å². The van der Waals surface area contributed by atoms with Gasteiger partial charge in [-0.3, -0.25) is 4.79 Å². The lowest BCUT2D eigenvalue weighted by atomic mass is 9.88. The summed E-state index contributed by atoms with van der Waals surface area (Å²) in [5, 5.41) is 3.70. The van der Waals surface area contributed by atoms with Crippen LogP contribution in [-0.2, 0) is 22.4 Å². The van der Waals surface area contributed by atoms with E-state index in [9.17, 15) is 9.59 Å². The van der Waals surface area contributed by atoms with E-state index in [1.165, 1.54) is 16.2 Å². The van der Waals surface area contributed by atoms with Crippen LogP contribution in [0.2, 0.25) is 0 Å². The minimum atomic E-state index is -0.336. The predicted molar refractivity (Wildman–Crippen MR) is 129 cm³/mol. The van der Waals surface area contributed by atoms with Gasteiger partial charge < -0.3 is 10.1 Å².